The van der Waals surface area contributed by atoms with Crippen LogP contribution in [0, 0.1) is 11.6 Å². The van der Waals surface area contributed by atoms with Gasteiger partial charge < -0.3 is 15.9 Å². The van der Waals surface area contributed by atoms with Gasteiger partial charge in [-0.2, -0.15) is 0 Å². The van der Waals surface area contributed by atoms with Gasteiger partial charge in [-0.1, -0.05) is 0 Å². The van der Waals surface area contributed by atoms with Crippen LogP contribution in [0.25, 0.3) is 0 Å². The number of halogens is 3. The Labute approximate surface area is 96.5 Å². The zero-order chi connectivity index (χ0) is 12.3. The highest BCUT2D eigenvalue weighted by molar-refractivity contribution is 6.17. The lowest BCUT2D eigenvalue weighted by atomic mass is 10.0. The number of nitrogen functional groups attached to an aromatic ring is 1. The van der Waals surface area contributed by atoms with E-state index in [-0.39, 0.29) is 23.6 Å². The summed E-state index contributed by atoms with van der Waals surface area (Å²) in [5.41, 5.74) is 4.72. The molecule has 0 aliphatic heterocycles. The number of alkyl halides is 1. The number of nitrogens with two attached hydrogens (primary N) is 1. The van der Waals surface area contributed by atoms with E-state index in [2.05, 4.69) is 0 Å². The molecule has 0 amide bonds. The van der Waals surface area contributed by atoms with Gasteiger partial charge in [0.2, 0.25) is 0 Å². The summed E-state index contributed by atoms with van der Waals surface area (Å²) < 4.78 is 26.1. The number of rotatable bonds is 4. The Morgan fingerprint density at radius 1 is 1.25 bits per heavy atom. The van der Waals surface area contributed by atoms with Gasteiger partial charge in [0.25, 0.3) is 0 Å². The molecule has 1 aromatic rings. The van der Waals surface area contributed by atoms with Crippen molar-refractivity contribution in [1.82, 2.24) is 0 Å². The maximum absolute atomic E-state index is 13.3. The van der Waals surface area contributed by atoms with Crippen molar-refractivity contribution in [2.75, 3.05) is 11.6 Å². The van der Waals surface area contributed by atoms with Crippen molar-refractivity contribution in [3.05, 3.63) is 29.3 Å². The minimum absolute atomic E-state index is 0.0967. The second-order valence-corrected chi connectivity index (χ2v) is 3.76. The van der Waals surface area contributed by atoms with Gasteiger partial charge in [0.05, 0.1) is 11.8 Å². The fraction of sp³-hybridized carbons (Fsp3) is 0.400. The highest BCUT2D eigenvalue weighted by Crippen LogP contribution is 2.25. The van der Waals surface area contributed by atoms with Crippen LogP contribution in [0.5, 0.6) is 0 Å². The van der Waals surface area contributed by atoms with E-state index < -0.39 is 23.8 Å². The Morgan fingerprint density at radius 3 is 2.44 bits per heavy atom. The summed E-state index contributed by atoms with van der Waals surface area (Å²) in [6, 6.07) is 1.54. The summed E-state index contributed by atoms with van der Waals surface area (Å²) in [5, 5.41) is 19.0. The Morgan fingerprint density at radius 2 is 1.88 bits per heavy atom. The van der Waals surface area contributed by atoms with E-state index in [1.165, 1.54) is 0 Å². The van der Waals surface area contributed by atoms with E-state index in [1.807, 2.05) is 0 Å². The highest BCUT2D eigenvalue weighted by Gasteiger charge is 2.22. The van der Waals surface area contributed by atoms with Crippen LogP contribution in [0.4, 0.5) is 14.5 Å². The van der Waals surface area contributed by atoms with E-state index in [0.717, 1.165) is 6.07 Å². The minimum atomic E-state index is -1.47. The molecule has 1 rings (SSSR count). The van der Waals surface area contributed by atoms with E-state index in [9.17, 15) is 19.0 Å². The standard InChI is InChI=1S/C10H12ClF2NO2/c11-2-1-9(15)10(16)5-3-8(14)7(13)4-6(5)12/h3-4,9-10,15-16H,1-2,14H2. The molecule has 0 saturated heterocycles. The summed E-state index contributed by atoms with van der Waals surface area (Å²) in [6.45, 7) is 0. The third kappa shape index (κ3) is 2.81. The molecule has 16 heavy (non-hydrogen) atoms. The summed E-state index contributed by atoms with van der Waals surface area (Å²) in [5.74, 6) is -1.73. The van der Waals surface area contributed by atoms with Crippen LogP contribution in [0.3, 0.4) is 0 Å². The largest absolute Gasteiger partial charge is 0.396 e. The molecule has 0 aliphatic carbocycles. The molecule has 2 unspecified atom stereocenters. The topological polar surface area (TPSA) is 66.5 Å². The molecule has 0 radical (unpaired) electrons. The first kappa shape index (κ1) is 13.2. The molecule has 0 heterocycles. The molecule has 90 valence electrons. The third-order valence-corrected chi connectivity index (χ3v) is 2.42. The average molecular weight is 252 g/mol. The van der Waals surface area contributed by atoms with Crippen molar-refractivity contribution in [3.8, 4) is 0 Å². The van der Waals surface area contributed by atoms with E-state index in [4.69, 9.17) is 17.3 Å². The molecule has 0 saturated carbocycles. The van der Waals surface area contributed by atoms with Gasteiger partial charge in [0.15, 0.2) is 0 Å². The molecule has 3 nitrogen and oxygen atoms in total. The Bertz CT molecular complexity index is 376. The second-order valence-electron chi connectivity index (χ2n) is 3.39. The molecule has 0 spiro atoms. The van der Waals surface area contributed by atoms with Gasteiger partial charge >= 0.3 is 0 Å². The molecule has 1 aromatic carbocycles. The van der Waals surface area contributed by atoms with Crippen molar-refractivity contribution in [3.63, 3.8) is 0 Å². The molecule has 6 heteroatoms. The first-order valence-corrected chi connectivity index (χ1v) is 5.17. The first-order valence-electron chi connectivity index (χ1n) is 4.64. The van der Waals surface area contributed by atoms with E-state index in [1.54, 1.807) is 0 Å². The second kappa shape index (κ2) is 5.43. The van der Waals surface area contributed by atoms with Crippen molar-refractivity contribution in [2.45, 2.75) is 18.6 Å². The molecule has 2 atom stereocenters. The lowest BCUT2D eigenvalue weighted by molar-refractivity contribution is 0.0149. The van der Waals surface area contributed by atoms with Gasteiger partial charge in [-0.25, -0.2) is 8.78 Å². The normalized spacial score (nSPS) is 14.8. The van der Waals surface area contributed by atoms with Crippen LogP contribution in [-0.2, 0) is 0 Å². The van der Waals surface area contributed by atoms with Crippen molar-refractivity contribution in [2.24, 2.45) is 0 Å². The number of hydrogen-bond acceptors (Lipinski definition) is 3. The van der Waals surface area contributed by atoms with Crippen LogP contribution in [-0.4, -0.2) is 22.2 Å². The van der Waals surface area contributed by atoms with Gasteiger partial charge in [0.1, 0.15) is 17.7 Å². The third-order valence-electron chi connectivity index (χ3n) is 2.20. The lowest BCUT2D eigenvalue weighted by Gasteiger charge is -2.18. The molecule has 4 N–H and O–H groups in total. The summed E-state index contributed by atoms with van der Waals surface area (Å²) in [7, 11) is 0. The highest BCUT2D eigenvalue weighted by atomic mass is 35.5. The zero-order valence-corrected chi connectivity index (χ0v) is 9.09. The lowest BCUT2D eigenvalue weighted by Crippen LogP contribution is -2.20. The maximum Gasteiger partial charge on any atom is 0.149 e. The Hall–Kier alpha value is -0.910. The van der Waals surface area contributed by atoms with Gasteiger partial charge in [0, 0.05) is 17.5 Å². The predicted octanol–water partition coefficient (Wildman–Crippen LogP) is 1.57. The van der Waals surface area contributed by atoms with Crippen LogP contribution in [0.2, 0.25) is 0 Å². The van der Waals surface area contributed by atoms with Crippen LogP contribution < -0.4 is 5.73 Å². The molecular weight excluding hydrogens is 240 g/mol. The maximum atomic E-state index is 13.3. The quantitative estimate of drug-likeness (QED) is 0.562. The summed E-state index contributed by atoms with van der Waals surface area (Å²) >= 11 is 5.37. The SMILES string of the molecule is Nc1cc(C(O)C(O)CCCl)c(F)cc1F. The Kier molecular flexibility index (Phi) is 4.46. The molecule has 0 fully saturated rings. The Balaban J connectivity index is 2.99. The van der Waals surface area contributed by atoms with Crippen LogP contribution >= 0.6 is 11.6 Å². The average Bonchev–Trinajstić information content (AvgIpc) is 2.23. The molecule has 0 aromatic heterocycles. The smallest absolute Gasteiger partial charge is 0.149 e. The van der Waals surface area contributed by atoms with Crippen molar-refractivity contribution in [1.29, 1.82) is 0 Å². The van der Waals surface area contributed by atoms with E-state index in [0.29, 0.717) is 6.07 Å². The van der Waals surface area contributed by atoms with Crippen LogP contribution in [0.1, 0.15) is 18.1 Å². The van der Waals surface area contributed by atoms with Gasteiger partial charge in [-0.3, -0.25) is 0 Å². The zero-order valence-electron chi connectivity index (χ0n) is 8.33. The molecule has 0 bridgehead atoms. The fourth-order valence-electron chi connectivity index (χ4n) is 1.29. The minimum Gasteiger partial charge on any atom is -0.396 e. The van der Waals surface area contributed by atoms with Crippen molar-refractivity contribution >= 4 is 17.3 Å². The van der Waals surface area contributed by atoms with Gasteiger partial charge in [-0.05, 0) is 12.5 Å². The fourth-order valence-corrected chi connectivity index (χ4v) is 1.51. The molecule has 0 aliphatic rings. The van der Waals surface area contributed by atoms with Crippen LogP contribution in [0.15, 0.2) is 12.1 Å². The number of aliphatic hydroxyl groups is 2. The molecular formula is C10H12ClF2NO2. The summed E-state index contributed by atoms with van der Waals surface area (Å²) in [4.78, 5) is 0. The first-order chi connectivity index (χ1) is 7.47. The predicted molar refractivity (Wildman–Crippen MR) is 57.1 cm³/mol. The monoisotopic (exact) mass is 251 g/mol. The van der Waals surface area contributed by atoms with E-state index >= 15 is 0 Å². The van der Waals surface area contributed by atoms with Crippen molar-refractivity contribution < 1.29 is 19.0 Å². The summed E-state index contributed by atoms with van der Waals surface area (Å²) in [6.07, 6.45) is -2.59. The number of benzene rings is 1. The number of hydrogen-bond donors (Lipinski definition) is 3. The van der Waals surface area contributed by atoms with Gasteiger partial charge in [-0.15, -0.1) is 11.6 Å². The number of aliphatic hydroxyl groups excluding tert-OH is 2. The number of anilines is 1.